The van der Waals surface area contributed by atoms with Crippen LogP contribution in [0.4, 0.5) is 0 Å². The van der Waals surface area contributed by atoms with Crippen LogP contribution in [0.15, 0.2) is 43.0 Å². The zero-order valence-electron chi connectivity index (χ0n) is 19.4. The second kappa shape index (κ2) is 18.6. The molecule has 0 aromatic heterocycles. The first kappa shape index (κ1) is 26.9. The summed E-state index contributed by atoms with van der Waals surface area (Å²) in [5.74, 6) is 0. The fraction of sp³-hybridized carbons (Fsp3) is 0.704. The van der Waals surface area contributed by atoms with Gasteiger partial charge >= 0.3 is 0 Å². The molecule has 0 aliphatic heterocycles. The zero-order valence-corrected chi connectivity index (χ0v) is 19.4. The number of rotatable bonds is 21. The van der Waals surface area contributed by atoms with Gasteiger partial charge in [-0.2, -0.15) is 0 Å². The van der Waals surface area contributed by atoms with Crippen LogP contribution in [-0.4, -0.2) is 47.5 Å². The van der Waals surface area contributed by atoms with Crippen LogP contribution in [0.5, 0.6) is 0 Å². The van der Waals surface area contributed by atoms with E-state index in [-0.39, 0.29) is 13.2 Å². The van der Waals surface area contributed by atoms with E-state index in [1.165, 1.54) is 89.0 Å². The van der Waals surface area contributed by atoms with Crippen molar-refractivity contribution in [2.24, 2.45) is 0 Å². The molecule has 0 amide bonds. The average Bonchev–Trinajstić information content (AvgIpc) is 2.75. The Morgan fingerprint density at radius 1 is 0.633 bits per heavy atom. The summed E-state index contributed by atoms with van der Waals surface area (Å²) in [4.78, 5) is 0. The lowest BCUT2D eigenvalue weighted by Gasteiger charge is -2.38. The lowest BCUT2D eigenvalue weighted by atomic mass is 10.0. The van der Waals surface area contributed by atoms with Crippen molar-refractivity contribution in [1.29, 1.82) is 0 Å². The summed E-state index contributed by atoms with van der Waals surface area (Å²) < 4.78 is 0.795. The number of nitrogens with zero attached hydrogens (tertiary/aromatic N) is 1. The molecular weight excluding hydrogens is 370 g/mol. The summed E-state index contributed by atoms with van der Waals surface area (Å²) >= 11 is 0. The lowest BCUT2D eigenvalue weighted by molar-refractivity contribution is -0.941. The van der Waals surface area contributed by atoms with Crippen molar-refractivity contribution >= 4 is 0 Å². The minimum absolute atomic E-state index is 0.182. The van der Waals surface area contributed by atoms with E-state index in [9.17, 15) is 10.2 Å². The van der Waals surface area contributed by atoms with Gasteiger partial charge in [0.2, 0.25) is 0 Å². The smallest absolute Gasteiger partial charge is 0.104 e. The van der Waals surface area contributed by atoms with Crippen LogP contribution >= 0.6 is 0 Å². The number of aliphatic hydroxyl groups excluding tert-OH is 2. The number of allylic oxidation sites excluding steroid dienone is 1. The number of hydrogen-bond acceptors (Lipinski definition) is 2. The van der Waals surface area contributed by atoms with Crippen molar-refractivity contribution in [2.75, 3.05) is 32.8 Å². The molecule has 0 heterocycles. The van der Waals surface area contributed by atoms with Crippen LogP contribution < -0.4 is 0 Å². The van der Waals surface area contributed by atoms with Crippen molar-refractivity contribution < 1.29 is 14.7 Å². The Kier molecular flexibility index (Phi) is 16.7. The molecule has 3 heteroatoms. The minimum Gasteiger partial charge on any atom is -0.391 e. The second-order valence-electron chi connectivity index (χ2n) is 8.92. The largest absolute Gasteiger partial charge is 0.391 e. The van der Waals surface area contributed by atoms with E-state index in [1.54, 1.807) is 0 Å². The molecule has 3 nitrogen and oxygen atoms in total. The summed E-state index contributed by atoms with van der Waals surface area (Å²) in [6.07, 6.45) is 19.3. The molecule has 0 spiro atoms. The summed E-state index contributed by atoms with van der Waals surface area (Å²) in [7, 11) is 0. The molecule has 0 bridgehead atoms. The van der Waals surface area contributed by atoms with Crippen LogP contribution in [0, 0.1) is 0 Å². The summed E-state index contributed by atoms with van der Waals surface area (Å²) in [5, 5.41) is 19.2. The molecular formula is C27H48NO2+. The van der Waals surface area contributed by atoms with Crippen LogP contribution in [0.2, 0.25) is 0 Å². The Labute approximate surface area is 186 Å². The van der Waals surface area contributed by atoms with Gasteiger partial charge in [-0.3, -0.25) is 0 Å². The van der Waals surface area contributed by atoms with Gasteiger partial charge in [-0.15, -0.1) is 6.58 Å². The average molecular weight is 419 g/mol. The first-order valence-electron chi connectivity index (χ1n) is 12.5. The molecule has 0 radical (unpaired) electrons. The van der Waals surface area contributed by atoms with E-state index in [2.05, 4.69) is 30.8 Å². The van der Waals surface area contributed by atoms with E-state index in [4.69, 9.17) is 0 Å². The molecule has 0 atom stereocenters. The standard InChI is InChI=1S/C27H48NO2/c1-2-3-4-5-6-7-8-9-10-11-12-13-14-18-21-28(22-24-29,23-25-30)26-27-19-16-15-17-20-27/h2,15-17,19-20,29-30H,1,3-14,18,21-26H2/q+1. The van der Waals surface area contributed by atoms with Gasteiger partial charge in [0.1, 0.15) is 19.6 Å². The lowest BCUT2D eigenvalue weighted by Crippen LogP contribution is -2.51. The van der Waals surface area contributed by atoms with Gasteiger partial charge < -0.3 is 14.7 Å². The minimum atomic E-state index is 0.182. The highest BCUT2D eigenvalue weighted by Crippen LogP contribution is 2.18. The fourth-order valence-corrected chi connectivity index (χ4v) is 4.47. The van der Waals surface area contributed by atoms with Crippen molar-refractivity contribution in [1.82, 2.24) is 0 Å². The van der Waals surface area contributed by atoms with E-state index < -0.39 is 0 Å². The highest BCUT2D eigenvalue weighted by atomic mass is 16.3. The Morgan fingerprint density at radius 2 is 1.10 bits per heavy atom. The van der Waals surface area contributed by atoms with Gasteiger partial charge in [0.05, 0.1) is 19.8 Å². The van der Waals surface area contributed by atoms with Crippen molar-refractivity contribution in [3.8, 4) is 0 Å². The Hall–Kier alpha value is -1.16. The van der Waals surface area contributed by atoms with Gasteiger partial charge in [0.15, 0.2) is 0 Å². The summed E-state index contributed by atoms with van der Waals surface area (Å²) in [5.41, 5.74) is 1.29. The van der Waals surface area contributed by atoms with Crippen LogP contribution in [0.25, 0.3) is 0 Å². The Balaban J connectivity index is 2.14. The highest BCUT2D eigenvalue weighted by molar-refractivity contribution is 5.13. The third-order valence-electron chi connectivity index (χ3n) is 6.30. The predicted octanol–water partition coefficient (Wildman–Crippen LogP) is 6.25. The molecule has 1 aromatic rings. The molecule has 1 aromatic carbocycles. The third-order valence-corrected chi connectivity index (χ3v) is 6.30. The number of aliphatic hydroxyl groups is 2. The Morgan fingerprint density at radius 3 is 1.57 bits per heavy atom. The maximum absolute atomic E-state index is 9.62. The van der Waals surface area contributed by atoms with Crippen LogP contribution in [0.1, 0.15) is 89.0 Å². The normalized spacial score (nSPS) is 11.7. The maximum Gasteiger partial charge on any atom is 0.104 e. The predicted molar refractivity (Wildman–Crippen MR) is 129 cm³/mol. The fourth-order valence-electron chi connectivity index (χ4n) is 4.47. The molecule has 0 fully saturated rings. The molecule has 0 unspecified atom stereocenters. The first-order chi connectivity index (χ1) is 14.8. The second-order valence-corrected chi connectivity index (χ2v) is 8.92. The number of unbranched alkanes of at least 4 members (excludes halogenated alkanes) is 12. The van der Waals surface area contributed by atoms with Crippen molar-refractivity contribution in [2.45, 2.75) is 90.0 Å². The van der Waals surface area contributed by atoms with E-state index >= 15 is 0 Å². The topological polar surface area (TPSA) is 40.5 Å². The van der Waals surface area contributed by atoms with E-state index in [0.29, 0.717) is 0 Å². The summed E-state index contributed by atoms with van der Waals surface area (Å²) in [6, 6.07) is 10.5. The van der Waals surface area contributed by atoms with Gasteiger partial charge in [-0.25, -0.2) is 0 Å². The first-order valence-corrected chi connectivity index (χ1v) is 12.5. The zero-order chi connectivity index (χ0) is 21.8. The molecule has 0 aliphatic rings. The molecule has 0 aliphatic carbocycles. The maximum atomic E-state index is 9.62. The molecule has 2 N–H and O–H groups in total. The highest BCUT2D eigenvalue weighted by Gasteiger charge is 2.26. The Bertz CT molecular complexity index is 497. The quantitative estimate of drug-likeness (QED) is 0.141. The molecule has 0 saturated heterocycles. The van der Waals surface area contributed by atoms with Crippen LogP contribution in [0.3, 0.4) is 0 Å². The van der Waals surface area contributed by atoms with E-state index in [0.717, 1.165) is 30.7 Å². The van der Waals surface area contributed by atoms with Gasteiger partial charge in [-0.05, 0) is 25.7 Å². The number of benzene rings is 1. The molecule has 30 heavy (non-hydrogen) atoms. The van der Waals surface area contributed by atoms with Crippen LogP contribution in [-0.2, 0) is 6.54 Å². The third kappa shape index (κ3) is 13.2. The summed E-state index contributed by atoms with van der Waals surface area (Å²) in [6.45, 7) is 7.53. The van der Waals surface area contributed by atoms with Crippen molar-refractivity contribution in [3.05, 3.63) is 48.6 Å². The molecule has 172 valence electrons. The molecule has 1 rings (SSSR count). The van der Waals surface area contributed by atoms with Gasteiger partial charge in [-0.1, -0.05) is 94.2 Å². The number of hydrogen-bond donors (Lipinski definition) is 2. The molecule has 0 saturated carbocycles. The van der Waals surface area contributed by atoms with Crippen molar-refractivity contribution in [3.63, 3.8) is 0 Å². The van der Waals surface area contributed by atoms with Gasteiger partial charge in [0.25, 0.3) is 0 Å². The van der Waals surface area contributed by atoms with E-state index in [1.807, 2.05) is 12.1 Å². The number of quaternary nitrogens is 1. The monoisotopic (exact) mass is 418 g/mol. The van der Waals surface area contributed by atoms with Gasteiger partial charge in [0, 0.05) is 5.56 Å². The SMILES string of the molecule is C=CCCCCCCCCCCCCCC[N+](CCO)(CCO)Cc1ccccc1.